The molecule has 0 saturated carbocycles. The van der Waals surface area contributed by atoms with E-state index >= 15 is 0 Å². The molecule has 0 fully saturated rings. The maximum absolute atomic E-state index is 9.32. The van der Waals surface area contributed by atoms with Crippen molar-refractivity contribution in [2.45, 2.75) is 0 Å². The first-order valence-corrected chi connectivity index (χ1v) is 8.05. The molecule has 130 valence electrons. The Morgan fingerprint density at radius 3 is 2.70 bits per heavy atom. The Hall–Kier alpha value is -4.12. The van der Waals surface area contributed by atoms with Crippen molar-refractivity contribution in [1.29, 1.82) is 5.26 Å². The van der Waals surface area contributed by atoms with Crippen molar-refractivity contribution in [2.75, 3.05) is 7.11 Å². The number of ether oxygens (including phenoxy) is 1. The molecule has 0 radical (unpaired) electrons. The molecule has 0 amide bonds. The Labute approximate surface area is 154 Å². The maximum atomic E-state index is 9.32. The summed E-state index contributed by atoms with van der Waals surface area (Å²) in [6, 6.07) is 16.5. The van der Waals surface area contributed by atoms with Crippen molar-refractivity contribution in [3.63, 3.8) is 0 Å². The quantitative estimate of drug-likeness (QED) is 0.554. The van der Waals surface area contributed by atoms with Crippen LogP contribution in [0.5, 0.6) is 5.75 Å². The van der Waals surface area contributed by atoms with Gasteiger partial charge in [0.25, 0.3) is 0 Å². The van der Waals surface area contributed by atoms with E-state index in [0.717, 1.165) is 0 Å². The average molecular weight is 355 g/mol. The van der Waals surface area contributed by atoms with Crippen LogP contribution in [-0.2, 0) is 0 Å². The third-order valence-corrected chi connectivity index (χ3v) is 3.91. The Balaban J connectivity index is 1.74. The van der Waals surface area contributed by atoms with Crippen LogP contribution in [0.25, 0.3) is 28.5 Å². The minimum atomic E-state index is 0.426. The Morgan fingerprint density at radius 1 is 1.04 bits per heavy atom. The lowest BCUT2D eigenvalue weighted by molar-refractivity contribution is 0.415. The summed E-state index contributed by atoms with van der Waals surface area (Å²) in [5, 5.41) is 21.8. The molecule has 0 aliphatic carbocycles. The second kappa shape index (κ2) is 7.01. The van der Waals surface area contributed by atoms with E-state index in [1.165, 1.54) is 4.80 Å². The lowest BCUT2D eigenvalue weighted by atomic mass is 10.0. The Kier molecular flexibility index (Phi) is 4.25. The molecule has 0 saturated heterocycles. The first-order valence-electron chi connectivity index (χ1n) is 8.05. The highest BCUT2D eigenvalue weighted by molar-refractivity contribution is 5.73. The molecule has 0 atom stereocenters. The number of benzene rings is 1. The van der Waals surface area contributed by atoms with E-state index in [4.69, 9.17) is 4.74 Å². The van der Waals surface area contributed by atoms with Crippen molar-refractivity contribution in [3.05, 3.63) is 66.5 Å². The van der Waals surface area contributed by atoms with Crippen molar-refractivity contribution >= 4 is 0 Å². The van der Waals surface area contributed by atoms with E-state index < -0.39 is 0 Å². The summed E-state index contributed by atoms with van der Waals surface area (Å²) in [6.45, 7) is 0. The zero-order valence-electron chi connectivity index (χ0n) is 14.3. The highest BCUT2D eigenvalue weighted by atomic mass is 16.5. The number of tetrazole rings is 1. The summed E-state index contributed by atoms with van der Waals surface area (Å²) in [4.78, 5) is 9.94. The van der Waals surface area contributed by atoms with Crippen LogP contribution in [0.2, 0.25) is 0 Å². The molecule has 27 heavy (non-hydrogen) atoms. The van der Waals surface area contributed by atoms with E-state index in [1.54, 1.807) is 37.7 Å². The molecule has 0 unspecified atom stereocenters. The number of nitrogens with zero attached hydrogens (tertiary/aromatic N) is 7. The highest BCUT2D eigenvalue weighted by Crippen LogP contribution is 2.32. The van der Waals surface area contributed by atoms with Crippen LogP contribution in [0.4, 0.5) is 0 Å². The van der Waals surface area contributed by atoms with Gasteiger partial charge in [-0.15, -0.1) is 15.0 Å². The second-order valence-corrected chi connectivity index (χ2v) is 5.51. The van der Waals surface area contributed by atoms with Gasteiger partial charge in [0, 0.05) is 24.0 Å². The predicted molar refractivity (Wildman–Crippen MR) is 96.9 cm³/mol. The Morgan fingerprint density at radius 2 is 1.93 bits per heavy atom. The molecule has 1 aromatic carbocycles. The van der Waals surface area contributed by atoms with E-state index in [0.29, 0.717) is 39.8 Å². The van der Waals surface area contributed by atoms with Crippen LogP contribution in [0.15, 0.2) is 60.9 Å². The largest absolute Gasteiger partial charge is 0.496 e. The van der Waals surface area contributed by atoms with Crippen LogP contribution in [0.1, 0.15) is 5.56 Å². The lowest BCUT2D eigenvalue weighted by Crippen LogP contribution is -2.01. The molecule has 3 heterocycles. The summed E-state index contributed by atoms with van der Waals surface area (Å²) in [7, 11) is 1.56. The van der Waals surface area contributed by atoms with Gasteiger partial charge in [0.05, 0.1) is 24.1 Å². The number of aromatic nitrogens is 6. The number of methoxy groups -OCH3 is 1. The molecular weight excluding hydrogens is 342 g/mol. The fourth-order valence-electron chi connectivity index (χ4n) is 2.63. The summed E-state index contributed by atoms with van der Waals surface area (Å²) >= 11 is 0. The van der Waals surface area contributed by atoms with Crippen molar-refractivity contribution in [1.82, 2.24) is 30.2 Å². The normalized spacial score (nSPS) is 10.4. The van der Waals surface area contributed by atoms with Crippen LogP contribution < -0.4 is 4.74 Å². The standard InChI is InChI=1S/C19H13N7O/c1-27-17-11-14(7-8-15(17)18-13(12-20)5-4-10-22-18)26-24-19(23-25-26)16-6-2-3-9-21-16/h2-11H,1H3. The van der Waals surface area contributed by atoms with Crippen LogP contribution in [-0.4, -0.2) is 37.3 Å². The number of nitriles is 1. The number of hydrogen-bond donors (Lipinski definition) is 0. The summed E-state index contributed by atoms with van der Waals surface area (Å²) in [6.07, 6.45) is 3.31. The smallest absolute Gasteiger partial charge is 0.223 e. The monoisotopic (exact) mass is 355 g/mol. The van der Waals surface area contributed by atoms with E-state index in [9.17, 15) is 5.26 Å². The number of hydrogen-bond acceptors (Lipinski definition) is 7. The van der Waals surface area contributed by atoms with Gasteiger partial charge in [-0.1, -0.05) is 6.07 Å². The van der Waals surface area contributed by atoms with E-state index in [1.807, 2.05) is 30.3 Å². The van der Waals surface area contributed by atoms with E-state index in [2.05, 4.69) is 31.4 Å². The van der Waals surface area contributed by atoms with Gasteiger partial charge in [0.15, 0.2) is 0 Å². The lowest BCUT2D eigenvalue weighted by Gasteiger charge is -2.10. The van der Waals surface area contributed by atoms with Gasteiger partial charge < -0.3 is 4.74 Å². The molecule has 0 aliphatic heterocycles. The number of pyridine rings is 2. The molecular formula is C19H13N7O. The molecule has 4 aromatic rings. The van der Waals surface area contributed by atoms with Crippen LogP contribution in [0, 0.1) is 11.3 Å². The molecule has 0 N–H and O–H groups in total. The minimum Gasteiger partial charge on any atom is -0.496 e. The molecule has 0 bridgehead atoms. The molecule has 0 spiro atoms. The third kappa shape index (κ3) is 3.09. The summed E-state index contributed by atoms with van der Waals surface area (Å²) in [5.74, 6) is 0.981. The third-order valence-electron chi connectivity index (χ3n) is 3.91. The van der Waals surface area contributed by atoms with Gasteiger partial charge in [-0.3, -0.25) is 9.97 Å². The van der Waals surface area contributed by atoms with Gasteiger partial charge >= 0.3 is 0 Å². The van der Waals surface area contributed by atoms with Gasteiger partial charge in [0.1, 0.15) is 17.5 Å². The summed E-state index contributed by atoms with van der Waals surface area (Å²) < 4.78 is 5.50. The number of rotatable bonds is 4. The fraction of sp³-hybridized carbons (Fsp3) is 0.0526. The van der Waals surface area contributed by atoms with Gasteiger partial charge in [-0.25, -0.2) is 0 Å². The van der Waals surface area contributed by atoms with Crippen LogP contribution in [0.3, 0.4) is 0 Å². The second-order valence-electron chi connectivity index (χ2n) is 5.51. The molecule has 0 aliphatic rings. The molecule has 4 rings (SSSR count). The first-order chi connectivity index (χ1) is 13.3. The average Bonchev–Trinajstić information content (AvgIpc) is 3.24. The zero-order valence-corrected chi connectivity index (χ0v) is 14.3. The molecule has 3 aromatic heterocycles. The first kappa shape index (κ1) is 16.4. The SMILES string of the molecule is COc1cc(-n2nnc(-c3ccccn3)n2)ccc1-c1ncccc1C#N. The topological polar surface area (TPSA) is 102 Å². The van der Waals surface area contributed by atoms with Crippen LogP contribution >= 0.6 is 0 Å². The zero-order chi connectivity index (χ0) is 18.6. The maximum Gasteiger partial charge on any atom is 0.223 e. The minimum absolute atomic E-state index is 0.426. The molecule has 8 nitrogen and oxygen atoms in total. The van der Waals surface area contributed by atoms with Gasteiger partial charge in [0.2, 0.25) is 5.82 Å². The van der Waals surface area contributed by atoms with Crippen molar-refractivity contribution < 1.29 is 4.74 Å². The van der Waals surface area contributed by atoms with Gasteiger partial charge in [-0.2, -0.15) is 5.26 Å². The highest BCUT2D eigenvalue weighted by Gasteiger charge is 2.14. The fourth-order valence-corrected chi connectivity index (χ4v) is 2.63. The Bertz CT molecular complexity index is 1130. The van der Waals surface area contributed by atoms with Crippen molar-refractivity contribution in [2.24, 2.45) is 0 Å². The summed E-state index contributed by atoms with van der Waals surface area (Å²) in [5.41, 5.74) is 3.05. The predicted octanol–water partition coefficient (Wildman–Crippen LogP) is 2.67. The van der Waals surface area contributed by atoms with Crippen molar-refractivity contribution in [3.8, 4) is 40.3 Å². The molecule has 8 heteroatoms. The van der Waals surface area contributed by atoms with E-state index in [-0.39, 0.29) is 0 Å². The van der Waals surface area contributed by atoms with Gasteiger partial charge in [-0.05, 0) is 41.6 Å².